The Labute approximate surface area is 127 Å². The van der Waals surface area contributed by atoms with Crippen LogP contribution in [0.4, 0.5) is 11.9 Å². The molecule has 21 heavy (non-hydrogen) atoms. The summed E-state index contributed by atoms with van der Waals surface area (Å²) in [5.74, 6) is 6.16. The number of hydrogen-bond donors (Lipinski definition) is 3. The molecule has 1 aromatic rings. The van der Waals surface area contributed by atoms with Gasteiger partial charge in [-0.3, -0.25) is 5.43 Å². The molecule has 0 atom stereocenters. The van der Waals surface area contributed by atoms with Gasteiger partial charge in [0.05, 0.1) is 6.61 Å². The topological polar surface area (TPSA) is 98.0 Å². The second-order valence-corrected chi connectivity index (χ2v) is 4.95. The molecule has 0 aliphatic rings. The lowest BCUT2D eigenvalue weighted by Crippen LogP contribution is -2.15. The highest BCUT2D eigenvalue weighted by Crippen LogP contribution is 2.11. The molecule has 0 fully saturated rings. The maximum atomic E-state index is 5.41. The molecule has 4 N–H and O–H groups in total. The van der Waals surface area contributed by atoms with E-state index in [1.165, 1.54) is 32.1 Å². The quantitative estimate of drug-likeness (QED) is 0.310. The zero-order chi connectivity index (χ0) is 15.3. The maximum absolute atomic E-state index is 5.41. The summed E-state index contributed by atoms with van der Waals surface area (Å²) in [6.45, 7) is 5.67. The first kappa shape index (κ1) is 17.4. The van der Waals surface area contributed by atoms with Gasteiger partial charge in [0.1, 0.15) is 0 Å². The van der Waals surface area contributed by atoms with Crippen molar-refractivity contribution in [1.29, 1.82) is 0 Å². The fourth-order valence-corrected chi connectivity index (χ4v) is 1.86. The molecule has 0 aromatic carbocycles. The van der Waals surface area contributed by atoms with E-state index >= 15 is 0 Å². The van der Waals surface area contributed by atoms with Gasteiger partial charge < -0.3 is 10.1 Å². The highest BCUT2D eigenvalue weighted by Gasteiger charge is 2.06. The van der Waals surface area contributed by atoms with Gasteiger partial charge >= 0.3 is 6.01 Å². The fourth-order valence-electron chi connectivity index (χ4n) is 1.86. The van der Waals surface area contributed by atoms with Crippen LogP contribution in [0.3, 0.4) is 0 Å². The number of hydrogen-bond acceptors (Lipinski definition) is 7. The average Bonchev–Trinajstić information content (AvgIpc) is 2.51. The molecular formula is C14H28N6O. The number of anilines is 2. The number of aromatic nitrogens is 3. The van der Waals surface area contributed by atoms with Crippen molar-refractivity contribution in [3.8, 4) is 6.01 Å². The van der Waals surface area contributed by atoms with Crippen LogP contribution in [0.2, 0.25) is 0 Å². The molecule has 0 spiro atoms. The zero-order valence-electron chi connectivity index (χ0n) is 13.2. The first-order chi connectivity index (χ1) is 10.3. The fraction of sp³-hybridized carbons (Fsp3) is 0.786. The Bertz CT molecular complexity index is 388. The largest absolute Gasteiger partial charge is 0.463 e. The molecule has 0 aliphatic heterocycles. The molecule has 1 heterocycles. The molecule has 0 bridgehead atoms. The highest BCUT2D eigenvalue weighted by molar-refractivity contribution is 5.34. The van der Waals surface area contributed by atoms with Gasteiger partial charge in [0.2, 0.25) is 11.9 Å². The van der Waals surface area contributed by atoms with Crippen LogP contribution >= 0.6 is 0 Å². The van der Waals surface area contributed by atoms with Crippen LogP contribution in [0.1, 0.15) is 58.8 Å². The summed E-state index contributed by atoms with van der Waals surface area (Å²) in [6.07, 6.45) is 8.43. The molecule has 7 nitrogen and oxygen atoms in total. The van der Waals surface area contributed by atoms with Crippen molar-refractivity contribution in [3.63, 3.8) is 0 Å². The minimum absolute atomic E-state index is 0.297. The first-order valence-electron chi connectivity index (χ1n) is 7.89. The summed E-state index contributed by atoms with van der Waals surface area (Å²) in [7, 11) is 0. The summed E-state index contributed by atoms with van der Waals surface area (Å²) < 4.78 is 5.41. The van der Waals surface area contributed by atoms with Gasteiger partial charge in [-0.25, -0.2) is 5.84 Å². The van der Waals surface area contributed by atoms with Crippen LogP contribution in [0.5, 0.6) is 6.01 Å². The van der Waals surface area contributed by atoms with Gasteiger partial charge in [-0.2, -0.15) is 15.0 Å². The van der Waals surface area contributed by atoms with Crippen LogP contribution in [-0.2, 0) is 0 Å². The van der Waals surface area contributed by atoms with E-state index in [0.717, 1.165) is 19.4 Å². The lowest BCUT2D eigenvalue weighted by atomic mass is 10.1. The third-order valence-electron chi connectivity index (χ3n) is 2.99. The van der Waals surface area contributed by atoms with Crippen molar-refractivity contribution in [3.05, 3.63) is 0 Å². The standard InChI is InChI=1S/C14H28N6O/c1-3-5-6-7-8-9-10-16-12-17-13(20-15)19-14(18-12)21-11-4-2/h3-11,15H2,1-2H3,(H2,16,17,18,19,20). The van der Waals surface area contributed by atoms with E-state index in [9.17, 15) is 0 Å². The lowest BCUT2D eigenvalue weighted by molar-refractivity contribution is 0.292. The van der Waals surface area contributed by atoms with Crippen LogP contribution in [0.15, 0.2) is 0 Å². The Morgan fingerprint density at radius 2 is 1.62 bits per heavy atom. The van der Waals surface area contributed by atoms with Crippen LogP contribution in [0.25, 0.3) is 0 Å². The summed E-state index contributed by atoms with van der Waals surface area (Å²) in [6, 6.07) is 0.297. The predicted molar refractivity (Wildman–Crippen MR) is 85.3 cm³/mol. The SMILES string of the molecule is CCCCCCCCNc1nc(NN)nc(OCCC)n1. The number of unbranched alkanes of at least 4 members (excludes halogenated alkanes) is 5. The average molecular weight is 296 g/mol. The van der Waals surface area contributed by atoms with Crippen molar-refractivity contribution >= 4 is 11.9 Å². The third-order valence-corrected chi connectivity index (χ3v) is 2.99. The molecule has 120 valence electrons. The molecule has 0 saturated heterocycles. The Hall–Kier alpha value is -1.63. The Balaban J connectivity index is 2.35. The Kier molecular flexibility index (Phi) is 9.19. The van der Waals surface area contributed by atoms with Gasteiger partial charge in [-0.1, -0.05) is 46.0 Å². The summed E-state index contributed by atoms with van der Waals surface area (Å²) in [5.41, 5.74) is 2.43. The number of ether oxygens (including phenoxy) is 1. The van der Waals surface area contributed by atoms with Gasteiger partial charge in [-0.15, -0.1) is 0 Å². The number of nitrogen functional groups attached to an aromatic ring is 1. The molecule has 0 amide bonds. The molecule has 7 heteroatoms. The second kappa shape index (κ2) is 11.1. The molecule has 0 radical (unpaired) electrons. The van der Waals surface area contributed by atoms with Crippen molar-refractivity contribution in [2.45, 2.75) is 58.8 Å². The van der Waals surface area contributed by atoms with E-state index in [-0.39, 0.29) is 0 Å². The van der Waals surface area contributed by atoms with Crippen molar-refractivity contribution in [2.24, 2.45) is 5.84 Å². The summed E-state index contributed by atoms with van der Waals surface area (Å²) in [4.78, 5) is 12.4. The molecule has 0 saturated carbocycles. The number of nitrogens with zero attached hydrogens (tertiary/aromatic N) is 3. The lowest BCUT2D eigenvalue weighted by Gasteiger charge is -2.08. The number of rotatable bonds is 12. The van der Waals surface area contributed by atoms with Crippen LogP contribution in [-0.4, -0.2) is 28.1 Å². The minimum atomic E-state index is 0.297. The Morgan fingerprint density at radius 1 is 0.905 bits per heavy atom. The first-order valence-corrected chi connectivity index (χ1v) is 7.89. The number of nitrogens with two attached hydrogens (primary N) is 1. The predicted octanol–water partition coefficient (Wildman–Crippen LogP) is 2.72. The smallest absolute Gasteiger partial charge is 0.323 e. The minimum Gasteiger partial charge on any atom is -0.463 e. The number of hydrazine groups is 1. The number of nitrogens with one attached hydrogen (secondary N) is 2. The zero-order valence-corrected chi connectivity index (χ0v) is 13.2. The second-order valence-electron chi connectivity index (χ2n) is 4.95. The van der Waals surface area contributed by atoms with Gasteiger partial charge in [-0.05, 0) is 12.8 Å². The van der Waals surface area contributed by atoms with Gasteiger partial charge in [0.15, 0.2) is 0 Å². The molecule has 1 aromatic heterocycles. The van der Waals surface area contributed by atoms with E-state index in [1.54, 1.807) is 0 Å². The van der Waals surface area contributed by atoms with Gasteiger partial charge in [0, 0.05) is 6.54 Å². The molecule has 0 unspecified atom stereocenters. The monoisotopic (exact) mass is 296 g/mol. The normalized spacial score (nSPS) is 10.4. The van der Waals surface area contributed by atoms with E-state index in [4.69, 9.17) is 10.6 Å². The van der Waals surface area contributed by atoms with Crippen molar-refractivity contribution < 1.29 is 4.74 Å². The van der Waals surface area contributed by atoms with Crippen LogP contribution < -0.4 is 21.3 Å². The molecular weight excluding hydrogens is 268 g/mol. The van der Waals surface area contributed by atoms with Gasteiger partial charge in [0.25, 0.3) is 0 Å². The van der Waals surface area contributed by atoms with Crippen molar-refractivity contribution in [2.75, 3.05) is 23.9 Å². The van der Waals surface area contributed by atoms with E-state index in [2.05, 4.69) is 32.6 Å². The highest BCUT2D eigenvalue weighted by atomic mass is 16.5. The maximum Gasteiger partial charge on any atom is 0.323 e. The van der Waals surface area contributed by atoms with E-state index in [0.29, 0.717) is 24.5 Å². The molecule has 1 rings (SSSR count). The summed E-state index contributed by atoms with van der Waals surface area (Å²) in [5, 5.41) is 3.19. The van der Waals surface area contributed by atoms with Crippen LogP contribution in [0, 0.1) is 0 Å². The van der Waals surface area contributed by atoms with E-state index < -0.39 is 0 Å². The molecule has 0 aliphatic carbocycles. The summed E-state index contributed by atoms with van der Waals surface area (Å²) >= 11 is 0. The third kappa shape index (κ3) is 7.65. The van der Waals surface area contributed by atoms with Crippen molar-refractivity contribution in [1.82, 2.24) is 15.0 Å². The Morgan fingerprint density at radius 3 is 2.33 bits per heavy atom. The van der Waals surface area contributed by atoms with E-state index in [1.807, 2.05) is 6.92 Å².